The summed E-state index contributed by atoms with van der Waals surface area (Å²) in [6.45, 7) is 5.24. The zero-order chi connectivity index (χ0) is 21.1. The number of fused-ring (bicyclic) bond motifs is 5. The summed E-state index contributed by atoms with van der Waals surface area (Å²) in [6.07, 6.45) is 12.0. The predicted octanol–water partition coefficient (Wildman–Crippen LogP) is 3.49. The van der Waals surface area contributed by atoms with Gasteiger partial charge >= 0.3 is 0 Å². The number of ether oxygens (including phenoxy) is 1. The smallest absolute Gasteiger partial charge is 0.157 e. The van der Waals surface area contributed by atoms with E-state index in [0.29, 0.717) is 36.0 Å². The quantitative estimate of drug-likeness (QED) is 0.814. The van der Waals surface area contributed by atoms with Crippen molar-refractivity contribution in [3.63, 3.8) is 0 Å². The molecule has 0 radical (unpaired) electrons. The average molecular weight is 416 g/mol. The van der Waals surface area contributed by atoms with Crippen LogP contribution in [0.4, 0.5) is 0 Å². The zero-order valence-corrected chi connectivity index (χ0v) is 18.7. The summed E-state index contributed by atoms with van der Waals surface area (Å²) in [6, 6.07) is 0. The van der Waals surface area contributed by atoms with Crippen molar-refractivity contribution in [1.29, 1.82) is 0 Å². The molecule has 4 fully saturated rings. The van der Waals surface area contributed by atoms with Gasteiger partial charge in [0.2, 0.25) is 0 Å². The number of hydrogen-bond acceptors (Lipinski definition) is 5. The molecule has 0 unspecified atom stereocenters. The first kappa shape index (κ1) is 20.6. The van der Waals surface area contributed by atoms with E-state index in [1.54, 1.807) is 24.2 Å². The van der Waals surface area contributed by atoms with Crippen molar-refractivity contribution in [3.8, 4) is 0 Å². The standard InChI is InChI=1S/C24H37N3O3/c1-23-9-8-18-16(5-4-15-12-20(28)22(30-3)13-24(15,18)2)17(23)6-7-19(23)21(29)14-27-11-10-25-26-27/h10-11,15-20,22,28H,4-9,12-14H2,1-3H3/t15-,16-,17-,18-,19+,20-,22-,23-,24-/m0/s1. The van der Waals surface area contributed by atoms with E-state index in [2.05, 4.69) is 24.2 Å². The Bertz CT molecular complexity index is 783. The second kappa shape index (κ2) is 7.40. The highest BCUT2D eigenvalue weighted by Gasteiger charge is 2.62. The average Bonchev–Trinajstić information content (AvgIpc) is 3.34. The molecule has 4 aliphatic carbocycles. The van der Waals surface area contributed by atoms with Crippen molar-refractivity contribution in [2.24, 2.45) is 40.4 Å². The maximum atomic E-state index is 13.2. The van der Waals surface area contributed by atoms with Gasteiger partial charge in [0, 0.05) is 19.2 Å². The summed E-state index contributed by atoms with van der Waals surface area (Å²) in [5.74, 6) is 3.15. The van der Waals surface area contributed by atoms with E-state index < -0.39 is 0 Å². The molecule has 4 aliphatic rings. The molecule has 1 aromatic heterocycles. The Hall–Kier alpha value is -1.27. The summed E-state index contributed by atoms with van der Waals surface area (Å²) >= 11 is 0. The van der Waals surface area contributed by atoms with E-state index in [4.69, 9.17) is 4.74 Å². The lowest BCUT2D eigenvalue weighted by molar-refractivity contribution is -0.167. The third-order valence-electron chi connectivity index (χ3n) is 10.1. The normalized spacial score (nSPS) is 47.9. The highest BCUT2D eigenvalue weighted by molar-refractivity contribution is 5.82. The topological polar surface area (TPSA) is 77.2 Å². The Balaban J connectivity index is 1.36. The Labute approximate surface area is 179 Å². The molecule has 1 N–H and O–H groups in total. The van der Waals surface area contributed by atoms with Crippen LogP contribution in [0.1, 0.15) is 65.2 Å². The third-order valence-corrected chi connectivity index (χ3v) is 10.1. The van der Waals surface area contributed by atoms with E-state index in [1.165, 1.54) is 25.7 Å². The molecule has 0 aromatic carbocycles. The second-order valence-corrected chi connectivity index (χ2v) is 11.2. The number of aliphatic hydroxyl groups is 1. The number of methoxy groups -OCH3 is 1. The fourth-order valence-electron chi connectivity index (χ4n) is 8.61. The minimum Gasteiger partial charge on any atom is -0.390 e. The number of aliphatic hydroxyl groups excluding tert-OH is 1. The van der Waals surface area contributed by atoms with Crippen molar-refractivity contribution >= 4 is 5.78 Å². The van der Waals surface area contributed by atoms with Crippen LogP contribution in [0.15, 0.2) is 12.4 Å². The molecule has 0 saturated heterocycles. The maximum absolute atomic E-state index is 13.2. The van der Waals surface area contributed by atoms with Gasteiger partial charge in [0.05, 0.1) is 18.4 Å². The van der Waals surface area contributed by atoms with Crippen LogP contribution in [0.3, 0.4) is 0 Å². The summed E-state index contributed by atoms with van der Waals surface area (Å²) in [4.78, 5) is 13.2. The molecular weight excluding hydrogens is 378 g/mol. The molecule has 0 spiro atoms. The molecule has 4 saturated carbocycles. The number of ketones is 1. The third kappa shape index (κ3) is 3.01. The number of Topliss-reactive ketones (excluding diaryl/α,β-unsaturated/α-hetero) is 1. The molecule has 1 heterocycles. The van der Waals surface area contributed by atoms with Gasteiger partial charge in [-0.15, -0.1) is 5.10 Å². The Morgan fingerprint density at radius 1 is 1.17 bits per heavy atom. The van der Waals surface area contributed by atoms with Crippen LogP contribution in [-0.4, -0.2) is 45.2 Å². The molecule has 1 aromatic rings. The zero-order valence-electron chi connectivity index (χ0n) is 18.7. The van der Waals surface area contributed by atoms with Crippen molar-refractivity contribution in [3.05, 3.63) is 12.4 Å². The van der Waals surface area contributed by atoms with Crippen molar-refractivity contribution in [2.45, 2.75) is 84.0 Å². The molecule has 6 heteroatoms. The van der Waals surface area contributed by atoms with Gasteiger partial charge in [-0.25, -0.2) is 4.68 Å². The number of nitrogens with zero attached hydrogens (tertiary/aromatic N) is 3. The van der Waals surface area contributed by atoms with Gasteiger partial charge in [0.15, 0.2) is 5.78 Å². The van der Waals surface area contributed by atoms with Crippen LogP contribution >= 0.6 is 0 Å². The first-order valence-electron chi connectivity index (χ1n) is 11.9. The van der Waals surface area contributed by atoms with Gasteiger partial charge < -0.3 is 9.84 Å². The summed E-state index contributed by atoms with van der Waals surface area (Å²) in [5.41, 5.74) is 0.379. The molecule has 30 heavy (non-hydrogen) atoms. The number of carbonyl (C=O) groups excluding carboxylic acids is 1. The summed E-state index contributed by atoms with van der Waals surface area (Å²) < 4.78 is 7.37. The van der Waals surface area contributed by atoms with Crippen LogP contribution in [0.5, 0.6) is 0 Å². The van der Waals surface area contributed by atoms with E-state index in [1.807, 2.05) is 0 Å². The first-order chi connectivity index (χ1) is 14.4. The predicted molar refractivity (Wildman–Crippen MR) is 112 cm³/mol. The van der Waals surface area contributed by atoms with Gasteiger partial charge in [0.1, 0.15) is 6.54 Å². The minimum absolute atomic E-state index is 0.0288. The molecule has 0 amide bonds. The van der Waals surface area contributed by atoms with Gasteiger partial charge in [-0.05, 0) is 85.9 Å². The highest BCUT2D eigenvalue weighted by Crippen LogP contribution is 2.67. The van der Waals surface area contributed by atoms with Gasteiger partial charge in [-0.3, -0.25) is 4.79 Å². The number of aromatic nitrogens is 3. The van der Waals surface area contributed by atoms with E-state index in [9.17, 15) is 9.90 Å². The van der Waals surface area contributed by atoms with Crippen LogP contribution in [0, 0.1) is 40.4 Å². The lowest BCUT2D eigenvalue weighted by atomic mass is 9.44. The molecular formula is C24H37N3O3. The molecule has 166 valence electrons. The first-order valence-corrected chi connectivity index (χ1v) is 11.9. The monoisotopic (exact) mass is 415 g/mol. The van der Waals surface area contributed by atoms with Gasteiger partial charge in [-0.2, -0.15) is 0 Å². The van der Waals surface area contributed by atoms with E-state index in [0.717, 1.165) is 25.7 Å². The lowest BCUT2D eigenvalue weighted by Gasteiger charge is -2.61. The van der Waals surface area contributed by atoms with Crippen LogP contribution in [0.25, 0.3) is 0 Å². The number of carbonyl (C=O) groups is 1. The molecule has 5 rings (SSSR count). The van der Waals surface area contributed by atoms with Crippen molar-refractivity contribution in [2.75, 3.05) is 7.11 Å². The van der Waals surface area contributed by atoms with Crippen LogP contribution in [-0.2, 0) is 16.1 Å². The van der Waals surface area contributed by atoms with Gasteiger partial charge in [-0.1, -0.05) is 19.1 Å². The summed E-state index contributed by atoms with van der Waals surface area (Å²) in [7, 11) is 1.75. The number of hydrogen-bond donors (Lipinski definition) is 1. The SMILES string of the molecule is CO[C@H]1C[C@@]2(C)[C@@H](CC[C@@H]3[C@@H]2CC[C@]2(C)[C@@H](C(=O)Cn4ccnn4)CC[C@@H]32)C[C@@H]1O. The van der Waals surface area contributed by atoms with E-state index >= 15 is 0 Å². The Morgan fingerprint density at radius 3 is 2.70 bits per heavy atom. The minimum atomic E-state index is -0.316. The molecule has 9 atom stereocenters. The Kier molecular flexibility index (Phi) is 5.09. The molecule has 0 bridgehead atoms. The fraction of sp³-hybridized carbons (Fsp3) is 0.875. The van der Waals surface area contributed by atoms with Gasteiger partial charge in [0.25, 0.3) is 0 Å². The summed E-state index contributed by atoms with van der Waals surface area (Å²) in [5, 5.41) is 18.4. The Morgan fingerprint density at radius 2 is 1.97 bits per heavy atom. The lowest BCUT2D eigenvalue weighted by Crippen LogP contribution is -2.57. The van der Waals surface area contributed by atoms with E-state index in [-0.39, 0.29) is 29.0 Å². The largest absolute Gasteiger partial charge is 0.390 e. The van der Waals surface area contributed by atoms with Crippen molar-refractivity contribution in [1.82, 2.24) is 15.0 Å². The number of rotatable bonds is 4. The van der Waals surface area contributed by atoms with Crippen molar-refractivity contribution < 1.29 is 14.6 Å². The highest BCUT2D eigenvalue weighted by atomic mass is 16.5. The van der Waals surface area contributed by atoms with Crippen LogP contribution in [0.2, 0.25) is 0 Å². The second-order valence-electron chi connectivity index (χ2n) is 11.2. The molecule has 6 nitrogen and oxygen atoms in total. The molecule has 0 aliphatic heterocycles. The van der Waals surface area contributed by atoms with Crippen LogP contribution < -0.4 is 0 Å². The maximum Gasteiger partial charge on any atom is 0.157 e. The fourth-order valence-corrected chi connectivity index (χ4v) is 8.61.